The van der Waals surface area contributed by atoms with Crippen LogP contribution in [0, 0.1) is 0 Å². The summed E-state index contributed by atoms with van der Waals surface area (Å²) in [6, 6.07) is 3.06. The maximum atomic E-state index is 11.0. The van der Waals surface area contributed by atoms with Crippen LogP contribution in [-0.4, -0.2) is 22.1 Å². The van der Waals surface area contributed by atoms with E-state index in [0.717, 1.165) is 5.69 Å². The van der Waals surface area contributed by atoms with Crippen molar-refractivity contribution in [1.82, 2.24) is 15.5 Å². The Morgan fingerprint density at radius 3 is 3.08 bits per heavy atom. The molecule has 1 aromatic rings. The Kier molecular flexibility index (Phi) is 3.33. The fourth-order valence-corrected chi connectivity index (χ4v) is 0.766. The first-order valence-corrected chi connectivity index (χ1v) is 4.00. The second-order valence-corrected chi connectivity index (χ2v) is 2.72. The van der Waals surface area contributed by atoms with Gasteiger partial charge >= 0.3 is 0 Å². The van der Waals surface area contributed by atoms with Crippen molar-refractivity contribution in [3.05, 3.63) is 24.0 Å². The number of amides is 1. The summed E-state index contributed by atoms with van der Waals surface area (Å²) in [4.78, 5) is 11.0. The van der Waals surface area contributed by atoms with Crippen LogP contribution in [0.3, 0.4) is 0 Å². The first-order valence-electron chi connectivity index (χ1n) is 4.00. The molecule has 0 saturated carbocycles. The fourth-order valence-electron chi connectivity index (χ4n) is 0.766. The van der Waals surface area contributed by atoms with Crippen LogP contribution in [-0.2, 0) is 11.3 Å². The van der Waals surface area contributed by atoms with E-state index < -0.39 is 6.04 Å². The Morgan fingerprint density at radius 2 is 2.54 bits per heavy atom. The number of nitrogens with one attached hydrogen (secondary N) is 1. The van der Waals surface area contributed by atoms with E-state index in [9.17, 15) is 4.79 Å². The van der Waals surface area contributed by atoms with E-state index in [2.05, 4.69) is 15.5 Å². The van der Waals surface area contributed by atoms with Crippen molar-refractivity contribution in [2.45, 2.75) is 19.5 Å². The molecule has 0 saturated heterocycles. The van der Waals surface area contributed by atoms with Gasteiger partial charge in [0.2, 0.25) is 5.91 Å². The molecule has 0 aliphatic heterocycles. The van der Waals surface area contributed by atoms with Crippen LogP contribution in [0.5, 0.6) is 0 Å². The van der Waals surface area contributed by atoms with Crippen molar-refractivity contribution in [1.29, 1.82) is 0 Å². The number of nitrogens with zero attached hydrogens (tertiary/aromatic N) is 2. The van der Waals surface area contributed by atoms with Crippen LogP contribution in [0.2, 0.25) is 0 Å². The van der Waals surface area contributed by atoms with Crippen molar-refractivity contribution in [3.63, 3.8) is 0 Å². The van der Waals surface area contributed by atoms with E-state index in [0.29, 0.717) is 6.54 Å². The van der Waals surface area contributed by atoms with E-state index in [1.165, 1.54) is 0 Å². The smallest absolute Gasteiger partial charge is 0.236 e. The molecule has 70 valence electrons. The van der Waals surface area contributed by atoms with Gasteiger partial charge in [-0.1, -0.05) is 0 Å². The van der Waals surface area contributed by atoms with Gasteiger partial charge in [-0.05, 0) is 19.1 Å². The average molecular weight is 180 g/mol. The summed E-state index contributed by atoms with van der Waals surface area (Å²) >= 11 is 0. The number of rotatable bonds is 3. The summed E-state index contributed by atoms with van der Waals surface area (Å²) in [7, 11) is 0. The molecule has 0 aliphatic rings. The standard InChI is InChI=1S/C8H12N4O/c1-6(9)8(13)10-5-7-3-2-4-11-12-7/h2-4,6H,5,9H2,1H3,(H,10,13)/t6-/m1/s1. The minimum atomic E-state index is -0.489. The molecular formula is C8H12N4O. The normalized spacial score (nSPS) is 12.2. The van der Waals surface area contributed by atoms with Gasteiger partial charge in [-0.25, -0.2) is 0 Å². The molecule has 0 aliphatic carbocycles. The number of hydrogen-bond acceptors (Lipinski definition) is 4. The SMILES string of the molecule is C[C@@H](N)C(=O)NCc1cccnn1. The van der Waals surface area contributed by atoms with Crippen molar-refractivity contribution < 1.29 is 4.79 Å². The highest BCUT2D eigenvalue weighted by atomic mass is 16.2. The van der Waals surface area contributed by atoms with Crippen LogP contribution in [0.1, 0.15) is 12.6 Å². The first-order chi connectivity index (χ1) is 6.20. The van der Waals surface area contributed by atoms with Crippen molar-refractivity contribution in [2.24, 2.45) is 5.73 Å². The fraction of sp³-hybridized carbons (Fsp3) is 0.375. The summed E-state index contributed by atoms with van der Waals surface area (Å²) in [6.45, 7) is 2.00. The third-order valence-corrected chi connectivity index (χ3v) is 1.48. The Morgan fingerprint density at radius 1 is 1.77 bits per heavy atom. The van der Waals surface area contributed by atoms with Gasteiger partial charge in [0.25, 0.3) is 0 Å². The molecule has 1 rings (SSSR count). The van der Waals surface area contributed by atoms with Gasteiger partial charge in [0.15, 0.2) is 0 Å². The summed E-state index contributed by atoms with van der Waals surface area (Å²) in [5.74, 6) is -0.189. The molecule has 1 aromatic heterocycles. The first kappa shape index (κ1) is 9.60. The lowest BCUT2D eigenvalue weighted by Crippen LogP contribution is -2.37. The summed E-state index contributed by atoms with van der Waals surface area (Å²) in [5.41, 5.74) is 6.07. The highest BCUT2D eigenvalue weighted by Gasteiger charge is 2.05. The average Bonchev–Trinajstić information content (AvgIpc) is 2.15. The van der Waals surface area contributed by atoms with Crippen molar-refractivity contribution >= 4 is 5.91 Å². The molecule has 5 nitrogen and oxygen atoms in total. The third-order valence-electron chi connectivity index (χ3n) is 1.48. The largest absolute Gasteiger partial charge is 0.349 e. The van der Waals surface area contributed by atoms with E-state index in [1.807, 2.05) is 0 Å². The maximum absolute atomic E-state index is 11.0. The third kappa shape index (κ3) is 3.16. The summed E-state index contributed by atoms with van der Waals surface area (Å²) < 4.78 is 0. The number of hydrogen-bond donors (Lipinski definition) is 2. The number of nitrogens with two attached hydrogens (primary N) is 1. The van der Waals surface area contributed by atoms with Gasteiger partial charge in [0, 0.05) is 6.20 Å². The van der Waals surface area contributed by atoms with E-state index >= 15 is 0 Å². The molecule has 1 amide bonds. The molecule has 1 atom stereocenters. The maximum Gasteiger partial charge on any atom is 0.236 e. The van der Waals surface area contributed by atoms with Gasteiger partial charge in [-0.15, -0.1) is 0 Å². The summed E-state index contributed by atoms with van der Waals surface area (Å²) in [6.07, 6.45) is 1.58. The van der Waals surface area contributed by atoms with E-state index in [4.69, 9.17) is 5.73 Å². The molecule has 1 heterocycles. The number of aromatic nitrogens is 2. The molecule has 0 radical (unpaired) electrons. The van der Waals surface area contributed by atoms with E-state index in [-0.39, 0.29) is 5.91 Å². The van der Waals surface area contributed by atoms with Crippen LogP contribution in [0.25, 0.3) is 0 Å². The zero-order valence-corrected chi connectivity index (χ0v) is 7.40. The molecule has 13 heavy (non-hydrogen) atoms. The molecule has 0 fully saturated rings. The second-order valence-electron chi connectivity index (χ2n) is 2.72. The molecule has 0 spiro atoms. The van der Waals surface area contributed by atoms with Gasteiger partial charge in [-0.3, -0.25) is 4.79 Å². The highest BCUT2D eigenvalue weighted by molar-refractivity contribution is 5.80. The lowest BCUT2D eigenvalue weighted by molar-refractivity contribution is -0.122. The van der Waals surface area contributed by atoms with Crippen LogP contribution < -0.4 is 11.1 Å². The second kappa shape index (κ2) is 4.51. The quantitative estimate of drug-likeness (QED) is 0.653. The van der Waals surface area contributed by atoms with Gasteiger partial charge in [0.1, 0.15) is 0 Å². The Bertz CT molecular complexity index is 273. The molecular weight excluding hydrogens is 168 g/mol. The van der Waals surface area contributed by atoms with Crippen LogP contribution >= 0.6 is 0 Å². The topological polar surface area (TPSA) is 80.9 Å². The lowest BCUT2D eigenvalue weighted by atomic mass is 10.3. The van der Waals surface area contributed by atoms with Crippen molar-refractivity contribution in [2.75, 3.05) is 0 Å². The van der Waals surface area contributed by atoms with Crippen LogP contribution in [0.15, 0.2) is 18.3 Å². The Balaban J connectivity index is 2.40. The molecule has 5 heteroatoms. The minimum absolute atomic E-state index is 0.189. The van der Waals surface area contributed by atoms with Gasteiger partial charge in [0.05, 0.1) is 18.3 Å². The zero-order chi connectivity index (χ0) is 9.68. The predicted octanol–water partition coefficient (Wildman–Crippen LogP) is -0.560. The zero-order valence-electron chi connectivity index (χ0n) is 7.40. The number of carbonyl (C=O) groups is 1. The van der Waals surface area contributed by atoms with Crippen molar-refractivity contribution in [3.8, 4) is 0 Å². The monoisotopic (exact) mass is 180 g/mol. The molecule has 0 unspecified atom stereocenters. The number of carbonyl (C=O) groups excluding carboxylic acids is 1. The Labute approximate surface area is 76.4 Å². The minimum Gasteiger partial charge on any atom is -0.349 e. The summed E-state index contributed by atoms with van der Waals surface area (Å²) in [5, 5.41) is 10.1. The predicted molar refractivity (Wildman–Crippen MR) is 47.5 cm³/mol. The molecule has 3 N–H and O–H groups in total. The van der Waals surface area contributed by atoms with Crippen LogP contribution in [0.4, 0.5) is 0 Å². The van der Waals surface area contributed by atoms with E-state index in [1.54, 1.807) is 25.3 Å². The Hall–Kier alpha value is -1.49. The van der Waals surface area contributed by atoms with Gasteiger partial charge < -0.3 is 11.1 Å². The molecule has 0 aromatic carbocycles. The lowest BCUT2D eigenvalue weighted by Gasteiger charge is -2.05. The van der Waals surface area contributed by atoms with Gasteiger partial charge in [-0.2, -0.15) is 10.2 Å². The molecule has 0 bridgehead atoms. The highest BCUT2D eigenvalue weighted by Crippen LogP contribution is 1.89.